The van der Waals surface area contributed by atoms with Gasteiger partial charge in [0.25, 0.3) is 0 Å². The Morgan fingerprint density at radius 1 is 1.32 bits per heavy atom. The van der Waals surface area contributed by atoms with Crippen LogP contribution in [0.3, 0.4) is 0 Å². The first-order chi connectivity index (χ1) is 11.9. The molecule has 0 bridgehead atoms. The van der Waals surface area contributed by atoms with Crippen LogP contribution in [0.25, 0.3) is 22.3 Å². The predicted molar refractivity (Wildman–Crippen MR) is 100 cm³/mol. The number of aromatic amines is 1. The van der Waals surface area contributed by atoms with Crippen molar-refractivity contribution in [2.24, 2.45) is 5.73 Å². The molecule has 128 valence electrons. The average molecular weight is 358 g/mol. The third kappa shape index (κ3) is 3.80. The van der Waals surface area contributed by atoms with Crippen LogP contribution in [0.2, 0.25) is 0 Å². The molecule has 0 amide bonds. The van der Waals surface area contributed by atoms with Gasteiger partial charge in [-0.3, -0.25) is 0 Å². The van der Waals surface area contributed by atoms with Crippen molar-refractivity contribution in [3.8, 4) is 11.3 Å². The molecular weight excluding hydrogens is 341 g/mol. The highest BCUT2D eigenvalue weighted by Crippen LogP contribution is 2.25. The SMILES string of the molecule is C/C(N)=C(\Cl)C(=N)CNc1cnc2[nH]c(-c3ccc(F)cc3)cc2c1. The lowest BCUT2D eigenvalue weighted by molar-refractivity contribution is 0.628. The molecule has 0 aliphatic rings. The van der Waals surface area contributed by atoms with Crippen molar-refractivity contribution >= 4 is 34.0 Å². The molecule has 3 rings (SSSR count). The lowest BCUT2D eigenvalue weighted by Gasteiger charge is -2.07. The number of nitrogens with one attached hydrogen (secondary N) is 3. The Balaban J connectivity index is 1.80. The molecule has 3 aromatic rings. The number of fused-ring (bicyclic) bond motifs is 1. The Hall–Kier alpha value is -2.86. The van der Waals surface area contributed by atoms with Crippen LogP contribution in [0.5, 0.6) is 0 Å². The molecule has 0 saturated carbocycles. The van der Waals surface area contributed by atoms with Crippen LogP contribution in [0.1, 0.15) is 6.92 Å². The first-order valence-electron chi connectivity index (χ1n) is 7.62. The summed E-state index contributed by atoms with van der Waals surface area (Å²) in [5.74, 6) is -0.271. The van der Waals surface area contributed by atoms with Crippen molar-refractivity contribution in [2.45, 2.75) is 6.92 Å². The quantitative estimate of drug-likeness (QED) is 0.515. The van der Waals surface area contributed by atoms with Crippen LogP contribution in [0.4, 0.5) is 10.1 Å². The van der Waals surface area contributed by atoms with Crippen molar-refractivity contribution in [3.05, 3.63) is 59.1 Å². The first kappa shape index (κ1) is 17.0. The molecule has 2 aromatic heterocycles. The summed E-state index contributed by atoms with van der Waals surface area (Å²) in [6, 6.07) is 10.1. The number of anilines is 1. The largest absolute Gasteiger partial charge is 0.401 e. The van der Waals surface area contributed by atoms with E-state index in [0.29, 0.717) is 5.70 Å². The van der Waals surface area contributed by atoms with Gasteiger partial charge in [-0.25, -0.2) is 9.37 Å². The Morgan fingerprint density at radius 3 is 2.72 bits per heavy atom. The second kappa shape index (κ2) is 6.94. The summed E-state index contributed by atoms with van der Waals surface area (Å²) in [4.78, 5) is 7.58. The second-order valence-corrected chi connectivity index (χ2v) is 6.06. The number of halogens is 2. The monoisotopic (exact) mass is 357 g/mol. The van der Waals surface area contributed by atoms with E-state index in [1.165, 1.54) is 12.1 Å². The van der Waals surface area contributed by atoms with Gasteiger partial charge in [0.05, 0.1) is 29.2 Å². The molecule has 0 saturated heterocycles. The van der Waals surface area contributed by atoms with Gasteiger partial charge in [0, 0.05) is 16.8 Å². The molecule has 5 N–H and O–H groups in total. The number of hydrogen-bond donors (Lipinski definition) is 4. The molecular formula is C18H17ClFN5. The van der Waals surface area contributed by atoms with E-state index >= 15 is 0 Å². The van der Waals surface area contributed by atoms with Gasteiger partial charge in [0.1, 0.15) is 11.5 Å². The minimum absolute atomic E-state index is 0.211. The third-order valence-electron chi connectivity index (χ3n) is 3.71. The number of rotatable bonds is 5. The summed E-state index contributed by atoms with van der Waals surface area (Å²) in [5, 5.41) is 12.1. The fourth-order valence-corrected chi connectivity index (χ4v) is 2.47. The molecule has 0 radical (unpaired) electrons. The van der Waals surface area contributed by atoms with Crippen molar-refractivity contribution < 1.29 is 4.39 Å². The summed E-state index contributed by atoms with van der Waals surface area (Å²) < 4.78 is 13.0. The van der Waals surface area contributed by atoms with Gasteiger partial charge >= 0.3 is 0 Å². The molecule has 25 heavy (non-hydrogen) atoms. The Morgan fingerprint density at radius 2 is 2.04 bits per heavy atom. The van der Waals surface area contributed by atoms with Crippen LogP contribution < -0.4 is 11.1 Å². The number of nitrogens with zero attached hydrogens (tertiary/aromatic N) is 1. The van der Waals surface area contributed by atoms with E-state index in [0.717, 1.165) is 28.0 Å². The fraction of sp³-hybridized carbons (Fsp3) is 0.111. The maximum Gasteiger partial charge on any atom is 0.137 e. The van der Waals surface area contributed by atoms with Gasteiger partial charge in [0.2, 0.25) is 0 Å². The molecule has 5 nitrogen and oxygen atoms in total. The molecule has 0 spiro atoms. The summed E-state index contributed by atoms with van der Waals surface area (Å²) in [5.41, 5.74) is 9.45. The maximum atomic E-state index is 13.0. The molecule has 0 aliphatic heterocycles. The van der Waals surface area contributed by atoms with E-state index < -0.39 is 0 Å². The van der Waals surface area contributed by atoms with Crippen LogP contribution in [-0.4, -0.2) is 22.2 Å². The highest BCUT2D eigenvalue weighted by Gasteiger charge is 2.08. The van der Waals surface area contributed by atoms with E-state index in [-0.39, 0.29) is 23.1 Å². The summed E-state index contributed by atoms with van der Waals surface area (Å²) in [6.07, 6.45) is 1.67. The van der Waals surface area contributed by atoms with Crippen LogP contribution in [0.15, 0.2) is 53.3 Å². The predicted octanol–water partition coefficient (Wildman–Crippen LogP) is 4.23. The van der Waals surface area contributed by atoms with Crippen molar-refractivity contribution in [3.63, 3.8) is 0 Å². The maximum absolute atomic E-state index is 13.0. The average Bonchev–Trinajstić information content (AvgIpc) is 3.02. The molecule has 2 heterocycles. The van der Waals surface area contributed by atoms with Gasteiger partial charge in [-0.1, -0.05) is 11.6 Å². The smallest absolute Gasteiger partial charge is 0.137 e. The van der Waals surface area contributed by atoms with Gasteiger partial charge in [0.15, 0.2) is 0 Å². The Kier molecular flexibility index (Phi) is 4.72. The zero-order valence-electron chi connectivity index (χ0n) is 13.5. The molecule has 0 atom stereocenters. The Bertz CT molecular complexity index is 955. The molecule has 0 unspecified atom stereocenters. The van der Waals surface area contributed by atoms with Gasteiger partial charge in [-0.2, -0.15) is 0 Å². The zero-order chi connectivity index (χ0) is 18.0. The Labute approximate surface area is 149 Å². The van der Waals surface area contributed by atoms with Gasteiger partial charge in [-0.05, 0) is 48.9 Å². The van der Waals surface area contributed by atoms with Crippen LogP contribution in [0, 0.1) is 11.2 Å². The van der Waals surface area contributed by atoms with E-state index in [1.807, 2.05) is 12.1 Å². The van der Waals surface area contributed by atoms with Gasteiger partial charge < -0.3 is 21.4 Å². The van der Waals surface area contributed by atoms with Crippen molar-refractivity contribution in [1.29, 1.82) is 5.41 Å². The van der Waals surface area contributed by atoms with E-state index in [1.54, 1.807) is 25.3 Å². The number of H-pyrrole nitrogens is 1. The summed E-state index contributed by atoms with van der Waals surface area (Å²) in [7, 11) is 0. The van der Waals surface area contributed by atoms with Crippen LogP contribution in [-0.2, 0) is 0 Å². The van der Waals surface area contributed by atoms with Gasteiger partial charge in [-0.15, -0.1) is 0 Å². The number of aromatic nitrogens is 2. The van der Waals surface area contributed by atoms with Crippen LogP contribution >= 0.6 is 11.6 Å². The zero-order valence-corrected chi connectivity index (χ0v) is 14.3. The van der Waals surface area contributed by atoms with E-state index in [2.05, 4.69) is 15.3 Å². The molecule has 0 fully saturated rings. The number of benzene rings is 1. The summed E-state index contributed by atoms with van der Waals surface area (Å²) in [6.45, 7) is 1.90. The number of nitrogens with two attached hydrogens (primary N) is 1. The number of allylic oxidation sites excluding steroid dienone is 1. The number of hydrogen-bond acceptors (Lipinski definition) is 4. The first-order valence-corrected chi connectivity index (χ1v) is 8.00. The standard InChI is InChI=1S/C18H17ClFN5/c1-10(21)17(19)15(22)9-23-14-6-12-7-16(25-18(12)24-8-14)11-2-4-13(20)5-3-11/h2-8,22-23H,9,21H2,1H3,(H,24,25)/b17-10+,22-15?. The van der Waals surface area contributed by atoms with E-state index in [9.17, 15) is 4.39 Å². The van der Waals surface area contributed by atoms with E-state index in [4.69, 9.17) is 22.7 Å². The number of pyridine rings is 1. The highest BCUT2D eigenvalue weighted by atomic mass is 35.5. The molecule has 1 aromatic carbocycles. The minimum atomic E-state index is -0.271. The highest BCUT2D eigenvalue weighted by molar-refractivity contribution is 6.43. The minimum Gasteiger partial charge on any atom is -0.401 e. The fourth-order valence-electron chi connectivity index (χ4n) is 2.40. The van der Waals surface area contributed by atoms with Crippen molar-refractivity contribution in [1.82, 2.24) is 9.97 Å². The molecule has 7 heteroatoms. The lowest BCUT2D eigenvalue weighted by atomic mass is 10.1. The topological polar surface area (TPSA) is 90.6 Å². The molecule has 0 aliphatic carbocycles. The van der Waals surface area contributed by atoms with Crippen molar-refractivity contribution in [2.75, 3.05) is 11.9 Å². The third-order valence-corrected chi connectivity index (χ3v) is 4.23. The normalized spacial score (nSPS) is 12.1. The lowest BCUT2D eigenvalue weighted by Crippen LogP contribution is -2.15. The summed E-state index contributed by atoms with van der Waals surface area (Å²) >= 11 is 5.95. The second-order valence-electron chi connectivity index (χ2n) is 5.68.